The van der Waals surface area contributed by atoms with E-state index in [1.54, 1.807) is 29.0 Å². The third kappa shape index (κ3) is 3.83. The normalized spacial score (nSPS) is 11.4. The van der Waals surface area contributed by atoms with Gasteiger partial charge in [-0.15, -0.1) is 11.3 Å². The predicted octanol–water partition coefficient (Wildman–Crippen LogP) is 6.08. The van der Waals surface area contributed by atoms with Gasteiger partial charge < -0.3 is 9.84 Å². The molecule has 2 aromatic carbocycles. The maximum Gasteiger partial charge on any atom is 0.259 e. The second-order valence-corrected chi connectivity index (χ2v) is 9.86. The fourth-order valence-electron chi connectivity index (χ4n) is 4.31. The molecule has 0 saturated carbocycles. The van der Waals surface area contributed by atoms with E-state index in [0.29, 0.717) is 33.7 Å². The van der Waals surface area contributed by atoms with Crippen LogP contribution in [-0.2, 0) is 7.05 Å². The second kappa shape index (κ2) is 8.39. The number of aryl methyl sites for hydroxylation is 4. The van der Waals surface area contributed by atoms with Crippen molar-refractivity contribution in [3.05, 3.63) is 77.2 Å². The Balaban J connectivity index is 1.32. The summed E-state index contributed by atoms with van der Waals surface area (Å²) in [6.45, 7) is 5.78. The van der Waals surface area contributed by atoms with E-state index in [1.165, 1.54) is 5.56 Å². The number of hydrogen-bond donors (Lipinski definition) is 1. The van der Waals surface area contributed by atoms with Gasteiger partial charge in [-0.2, -0.15) is 5.10 Å². The molecule has 0 aliphatic heterocycles. The summed E-state index contributed by atoms with van der Waals surface area (Å²) in [6.07, 6.45) is 1.87. The molecule has 178 valence electrons. The molecule has 6 rings (SSSR count). The first-order valence-electron chi connectivity index (χ1n) is 11.4. The van der Waals surface area contributed by atoms with Crippen molar-refractivity contribution in [3.8, 4) is 21.8 Å². The maximum absolute atomic E-state index is 13.4. The van der Waals surface area contributed by atoms with Crippen LogP contribution in [0.5, 0.6) is 0 Å². The molecule has 0 spiro atoms. The molecule has 36 heavy (non-hydrogen) atoms. The van der Waals surface area contributed by atoms with Crippen molar-refractivity contribution in [2.45, 2.75) is 20.8 Å². The van der Waals surface area contributed by atoms with E-state index in [2.05, 4.69) is 39.6 Å². The number of amides is 1. The maximum atomic E-state index is 13.4. The molecule has 0 unspecified atom stereocenters. The molecular formula is C27H22N6O2S. The zero-order valence-corrected chi connectivity index (χ0v) is 21.0. The van der Waals surface area contributed by atoms with Crippen molar-refractivity contribution in [1.82, 2.24) is 24.9 Å². The number of rotatable bonds is 4. The van der Waals surface area contributed by atoms with E-state index in [0.717, 1.165) is 32.0 Å². The zero-order valence-electron chi connectivity index (χ0n) is 20.2. The van der Waals surface area contributed by atoms with Gasteiger partial charge in [-0.1, -0.05) is 11.2 Å². The zero-order chi connectivity index (χ0) is 25.0. The molecule has 0 saturated heterocycles. The summed E-state index contributed by atoms with van der Waals surface area (Å²) in [6, 6.07) is 15.7. The Morgan fingerprint density at radius 2 is 1.81 bits per heavy atom. The summed E-state index contributed by atoms with van der Waals surface area (Å²) >= 11 is 1.66. The highest BCUT2D eigenvalue weighted by molar-refractivity contribution is 7.21. The summed E-state index contributed by atoms with van der Waals surface area (Å²) in [7, 11) is 1.85. The van der Waals surface area contributed by atoms with E-state index >= 15 is 0 Å². The van der Waals surface area contributed by atoms with Crippen molar-refractivity contribution in [2.24, 2.45) is 7.05 Å². The van der Waals surface area contributed by atoms with Crippen LogP contribution >= 0.6 is 11.3 Å². The average Bonchev–Trinajstić information content (AvgIpc) is 3.55. The standard InChI is InChI=1S/C27H22N6O2S/c1-14-5-10-21-23(11-14)36-27(30-21)17-6-8-18(9-7-17)28-25(34)19-12-22(20-13-33(4)31-15(20)2)29-26-24(19)16(3)32-35-26/h5-13H,1-4H3,(H,28,34). The largest absolute Gasteiger partial charge is 0.335 e. The van der Waals surface area contributed by atoms with Crippen LogP contribution < -0.4 is 5.32 Å². The summed E-state index contributed by atoms with van der Waals surface area (Å²) < 4.78 is 8.30. The number of benzene rings is 2. The van der Waals surface area contributed by atoms with E-state index in [1.807, 2.05) is 50.5 Å². The lowest BCUT2D eigenvalue weighted by atomic mass is 10.1. The number of pyridine rings is 1. The van der Waals surface area contributed by atoms with E-state index in [-0.39, 0.29) is 5.91 Å². The van der Waals surface area contributed by atoms with E-state index < -0.39 is 0 Å². The van der Waals surface area contributed by atoms with Crippen molar-refractivity contribution in [2.75, 3.05) is 5.32 Å². The molecule has 0 aliphatic rings. The lowest BCUT2D eigenvalue weighted by molar-refractivity contribution is 0.102. The van der Waals surface area contributed by atoms with Crippen LogP contribution in [0.3, 0.4) is 0 Å². The highest BCUT2D eigenvalue weighted by atomic mass is 32.1. The Hall–Kier alpha value is -4.37. The summed E-state index contributed by atoms with van der Waals surface area (Å²) in [5, 5.41) is 13.0. The Labute approximate surface area is 210 Å². The second-order valence-electron chi connectivity index (χ2n) is 8.83. The third-order valence-corrected chi connectivity index (χ3v) is 7.15. The van der Waals surface area contributed by atoms with Crippen molar-refractivity contribution in [3.63, 3.8) is 0 Å². The molecule has 0 bridgehead atoms. The SMILES string of the molecule is Cc1ccc2nc(-c3ccc(NC(=O)c4cc(-c5cn(C)nc5C)nc5onc(C)c45)cc3)sc2c1. The van der Waals surface area contributed by atoms with Gasteiger partial charge in [0.15, 0.2) is 0 Å². The summed E-state index contributed by atoms with van der Waals surface area (Å²) in [5.41, 5.74) is 7.51. The Bertz CT molecular complexity index is 1780. The fraction of sp³-hybridized carbons (Fsp3) is 0.148. The third-order valence-electron chi connectivity index (χ3n) is 6.08. The van der Waals surface area contributed by atoms with E-state index in [4.69, 9.17) is 9.51 Å². The smallest absolute Gasteiger partial charge is 0.259 e. The highest BCUT2D eigenvalue weighted by Gasteiger charge is 2.21. The number of carbonyl (C=O) groups excluding carboxylic acids is 1. The molecule has 0 atom stereocenters. The Morgan fingerprint density at radius 3 is 2.56 bits per heavy atom. The molecular weight excluding hydrogens is 472 g/mol. The number of aromatic nitrogens is 5. The minimum Gasteiger partial charge on any atom is -0.335 e. The minimum atomic E-state index is -0.264. The highest BCUT2D eigenvalue weighted by Crippen LogP contribution is 2.32. The van der Waals surface area contributed by atoms with Crippen LogP contribution in [0.2, 0.25) is 0 Å². The average molecular weight is 495 g/mol. The molecule has 0 radical (unpaired) electrons. The molecule has 9 heteroatoms. The fourth-order valence-corrected chi connectivity index (χ4v) is 5.38. The molecule has 8 nitrogen and oxygen atoms in total. The molecule has 4 heterocycles. The van der Waals surface area contributed by atoms with Crippen LogP contribution in [0, 0.1) is 20.8 Å². The van der Waals surface area contributed by atoms with Gasteiger partial charge in [-0.3, -0.25) is 9.48 Å². The quantitative estimate of drug-likeness (QED) is 0.319. The number of thiazole rings is 1. The Kier molecular flexibility index (Phi) is 5.15. The van der Waals surface area contributed by atoms with Crippen molar-refractivity contribution in [1.29, 1.82) is 0 Å². The van der Waals surface area contributed by atoms with Crippen molar-refractivity contribution >= 4 is 44.2 Å². The van der Waals surface area contributed by atoms with Crippen LogP contribution in [0.25, 0.3) is 43.1 Å². The summed E-state index contributed by atoms with van der Waals surface area (Å²) in [4.78, 5) is 22.8. The van der Waals surface area contributed by atoms with Gasteiger partial charge in [-0.25, -0.2) is 9.97 Å². The van der Waals surface area contributed by atoms with E-state index in [9.17, 15) is 4.79 Å². The minimum absolute atomic E-state index is 0.264. The number of hydrogen-bond acceptors (Lipinski definition) is 7. The first-order chi connectivity index (χ1) is 17.4. The topological polar surface area (TPSA) is 98.7 Å². The van der Waals surface area contributed by atoms with Gasteiger partial charge in [0, 0.05) is 30.1 Å². The monoisotopic (exact) mass is 494 g/mol. The lowest BCUT2D eigenvalue weighted by Gasteiger charge is -2.08. The lowest BCUT2D eigenvalue weighted by Crippen LogP contribution is -2.13. The van der Waals surface area contributed by atoms with Crippen LogP contribution in [0.4, 0.5) is 5.69 Å². The van der Waals surface area contributed by atoms with Gasteiger partial charge >= 0.3 is 0 Å². The van der Waals surface area contributed by atoms with Gasteiger partial charge in [0.2, 0.25) is 0 Å². The predicted molar refractivity (Wildman–Crippen MR) is 141 cm³/mol. The van der Waals surface area contributed by atoms with Gasteiger partial charge in [0.25, 0.3) is 11.6 Å². The van der Waals surface area contributed by atoms with Gasteiger partial charge in [0.05, 0.1) is 38.2 Å². The van der Waals surface area contributed by atoms with Gasteiger partial charge in [-0.05, 0) is 68.8 Å². The van der Waals surface area contributed by atoms with Gasteiger partial charge in [0.1, 0.15) is 5.01 Å². The number of nitrogens with one attached hydrogen (secondary N) is 1. The van der Waals surface area contributed by atoms with Crippen molar-refractivity contribution < 1.29 is 9.32 Å². The van der Waals surface area contributed by atoms with Crippen LogP contribution in [0.15, 0.2) is 59.3 Å². The number of anilines is 1. The number of fused-ring (bicyclic) bond motifs is 2. The molecule has 1 amide bonds. The molecule has 0 aliphatic carbocycles. The number of carbonyl (C=O) groups is 1. The molecule has 1 N–H and O–H groups in total. The first kappa shape index (κ1) is 22.1. The first-order valence-corrected chi connectivity index (χ1v) is 12.2. The van der Waals surface area contributed by atoms with Crippen LogP contribution in [0.1, 0.15) is 27.3 Å². The number of nitrogens with zero attached hydrogens (tertiary/aromatic N) is 5. The molecule has 0 fully saturated rings. The van der Waals surface area contributed by atoms with Crippen LogP contribution in [-0.4, -0.2) is 30.8 Å². The summed E-state index contributed by atoms with van der Waals surface area (Å²) in [5.74, 6) is -0.264. The molecule has 4 aromatic heterocycles. The Morgan fingerprint density at radius 1 is 1.00 bits per heavy atom. The molecule has 6 aromatic rings.